The second-order valence-corrected chi connectivity index (χ2v) is 5.41. The van der Waals surface area contributed by atoms with E-state index in [4.69, 9.17) is 5.11 Å². The van der Waals surface area contributed by atoms with Crippen LogP contribution in [-0.2, 0) is 0 Å². The summed E-state index contributed by atoms with van der Waals surface area (Å²) in [5, 5.41) is 9.01. The van der Waals surface area contributed by atoms with Gasteiger partial charge < -0.3 is 5.11 Å². The molecular weight excluding hydrogens is 302 g/mol. The van der Waals surface area contributed by atoms with E-state index in [2.05, 4.69) is 22.1 Å². The third kappa shape index (κ3) is 2.52. The summed E-state index contributed by atoms with van der Waals surface area (Å²) in [7, 11) is 0. The molecule has 116 valence electrons. The maximum Gasteiger partial charge on any atom is 0.356 e. The maximum absolute atomic E-state index is 11.0. The zero-order chi connectivity index (χ0) is 16.5. The van der Waals surface area contributed by atoms with E-state index in [9.17, 15) is 4.79 Å². The Bertz CT molecular complexity index is 1020. The van der Waals surface area contributed by atoms with Gasteiger partial charge in [0.2, 0.25) is 0 Å². The van der Waals surface area contributed by atoms with Crippen molar-refractivity contribution in [2.45, 2.75) is 0 Å². The molecule has 1 N–H and O–H groups in total. The van der Waals surface area contributed by atoms with Crippen LogP contribution >= 0.6 is 0 Å². The number of carboxylic acid groups (broad SMARTS) is 1. The van der Waals surface area contributed by atoms with Gasteiger partial charge in [0.25, 0.3) is 0 Å². The fourth-order valence-electron chi connectivity index (χ4n) is 2.62. The molecule has 24 heavy (non-hydrogen) atoms. The Balaban J connectivity index is 1.70. The molecule has 0 fully saturated rings. The van der Waals surface area contributed by atoms with E-state index in [-0.39, 0.29) is 5.69 Å². The molecule has 2 aromatic heterocycles. The maximum atomic E-state index is 11.0. The van der Waals surface area contributed by atoms with Crippen LogP contribution < -0.4 is 0 Å². The molecule has 0 spiro atoms. The Kier molecular flexibility index (Phi) is 3.31. The lowest BCUT2D eigenvalue weighted by molar-refractivity contribution is 0.0691. The monoisotopic (exact) mass is 315 g/mol. The molecule has 4 rings (SSSR count). The minimum atomic E-state index is -1.05. The molecule has 4 aromatic rings. The first-order valence-electron chi connectivity index (χ1n) is 7.44. The average Bonchev–Trinajstić information content (AvgIpc) is 3.06. The normalized spacial score (nSPS) is 10.8. The lowest BCUT2D eigenvalue weighted by Gasteiger charge is -2.04. The predicted octanol–water partition coefficient (Wildman–Crippen LogP) is 3.76. The van der Waals surface area contributed by atoms with Crippen molar-refractivity contribution in [2.24, 2.45) is 0 Å². The van der Waals surface area contributed by atoms with Gasteiger partial charge in [0.15, 0.2) is 5.69 Å². The highest BCUT2D eigenvalue weighted by Crippen LogP contribution is 2.24. The lowest BCUT2D eigenvalue weighted by atomic mass is 10.0. The Hall–Kier alpha value is -3.47. The van der Waals surface area contributed by atoms with Gasteiger partial charge in [-0.2, -0.15) is 0 Å². The van der Waals surface area contributed by atoms with E-state index < -0.39 is 5.97 Å². The van der Waals surface area contributed by atoms with Gasteiger partial charge in [-0.3, -0.25) is 4.40 Å². The molecule has 0 unspecified atom stereocenters. The van der Waals surface area contributed by atoms with Crippen molar-refractivity contribution in [3.05, 3.63) is 78.9 Å². The molecule has 0 bridgehead atoms. The van der Waals surface area contributed by atoms with E-state index in [0.717, 1.165) is 22.4 Å². The van der Waals surface area contributed by atoms with Gasteiger partial charge in [0.1, 0.15) is 12.0 Å². The highest BCUT2D eigenvalue weighted by molar-refractivity contribution is 5.86. The van der Waals surface area contributed by atoms with Gasteiger partial charge in [0, 0.05) is 17.8 Å². The van der Waals surface area contributed by atoms with Crippen LogP contribution in [0, 0.1) is 0 Å². The molecule has 0 aliphatic rings. The molecule has 0 aliphatic heterocycles. The summed E-state index contributed by atoms with van der Waals surface area (Å²) < 4.78 is 1.60. The number of carbonyl (C=O) groups is 1. The van der Waals surface area contributed by atoms with Gasteiger partial charge in [-0.05, 0) is 11.1 Å². The molecule has 0 radical (unpaired) electrons. The number of nitrogens with zero attached hydrogens (tertiary/aromatic N) is 3. The van der Waals surface area contributed by atoms with Crippen LogP contribution in [0.1, 0.15) is 10.5 Å². The molecule has 5 heteroatoms. The number of aromatic nitrogens is 3. The molecule has 0 atom stereocenters. The van der Waals surface area contributed by atoms with Crippen molar-refractivity contribution >= 4 is 11.6 Å². The Morgan fingerprint density at radius 2 is 1.58 bits per heavy atom. The van der Waals surface area contributed by atoms with Crippen LogP contribution in [0.4, 0.5) is 0 Å². The molecule has 2 aromatic carbocycles. The van der Waals surface area contributed by atoms with Gasteiger partial charge in [-0.15, -0.1) is 0 Å². The van der Waals surface area contributed by atoms with Crippen molar-refractivity contribution < 1.29 is 9.90 Å². The van der Waals surface area contributed by atoms with Crippen LogP contribution in [-0.4, -0.2) is 25.4 Å². The minimum Gasteiger partial charge on any atom is -0.476 e. The second kappa shape index (κ2) is 5.62. The van der Waals surface area contributed by atoms with E-state index in [1.807, 2.05) is 42.5 Å². The Labute approximate surface area is 137 Å². The SMILES string of the molecule is O=C(O)c1cn2cnc(-c3ccc(-c4ccccc4)cc3)cc2n1. The number of aromatic carboxylic acids is 1. The van der Waals surface area contributed by atoms with Crippen LogP contribution in [0.5, 0.6) is 0 Å². The quantitative estimate of drug-likeness (QED) is 0.625. The summed E-state index contributed by atoms with van der Waals surface area (Å²) in [6, 6.07) is 20.0. The number of rotatable bonds is 3. The topological polar surface area (TPSA) is 67.5 Å². The zero-order valence-corrected chi connectivity index (χ0v) is 12.6. The number of imidazole rings is 1. The highest BCUT2D eigenvalue weighted by atomic mass is 16.4. The molecule has 2 heterocycles. The van der Waals surface area contributed by atoms with Crippen LogP contribution in [0.2, 0.25) is 0 Å². The van der Waals surface area contributed by atoms with Crippen LogP contribution in [0.15, 0.2) is 73.2 Å². The number of benzene rings is 2. The van der Waals surface area contributed by atoms with Gasteiger partial charge >= 0.3 is 5.97 Å². The van der Waals surface area contributed by atoms with Crippen molar-refractivity contribution in [1.29, 1.82) is 0 Å². The standard InChI is InChI=1S/C19H13N3O2/c23-19(24)17-11-22-12-20-16(10-18(22)21-17)15-8-6-14(7-9-15)13-4-2-1-3-5-13/h1-12H,(H,23,24). The number of carboxylic acids is 1. The number of hydrogen-bond donors (Lipinski definition) is 1. The summed E-state index contributed by atoms with van der Waals surface area (Å²) in [6.45, 7) is 0. The predicted molar refractivity (Wildman–Crippen MR) is 90.8 cm³/mol. The number of fused-ring (bicyclic) bond motifs is 1. The van der Waals surface area contributed by atoms with Gasteiger partial charge in [0.05, 0.1) is 5.69 Å². The zero-order valence-electron chi connectivity index (χ0n) is 12.6. The molecule has 0 amide bonds. The summed E-state index contributed by atoms with van der Waals surface area (Å²) in [6.07, 6.45) is 3.03. The first-order valence-corrected chi connectivity index (χ1v) is 7.44. The molecule has 0 aliphatic carbocycles. The number of hydrogen-bond acceptors (Lipinski definition) is 3. The first kappa shape index (κ1) is 14.1. The molecular formula is C19H13N3O2. The van der Waals surface area contributed by atoms with E-state index in [0.29, 0.717) is 5.65 Å². The third-order valence-corrected chi connectivity index (χ3v) is 3.85. The van der Waals surface area contributed by atoms with Crippen LogP contribution in [0.3, 0.4) is 0 Å². The van der Waals surface area contributed by atoms with E-state index >= 15 is 0 Å². The van der Waals surface area contributed by atoms with Crippen molar-refractivity contribution in [3.63, 3.8) is 0 Å². The smallest absolute Gasteiger partial charge is 0.356 e. The summed E-state index contributed by atoms with van der Waals surface area (Å²) in [4.78, 5) is 19.5. The van der Waals surface area contributed by atoms with Gasteiger partial charge in [-0.25, -0.2) is 14.8 Å². The first-order chi connectivity index (χ1) is 11.7. The molecule has 5 nitrogen and oxygen atoms in total. The fraction of sp³-hybridized carbons (Fsp3) is 0. The fourth-order valence-corrected chi connectivity index (χ4v) is 2.62. The van der Waals surface area contributed by atoms with Gasteiger partial charge in [-0.1, -0.05) is 54.6 Å². The van der Waals surface area contributed by atoms with Crippen LogP contribution in [0.25, 0.3) is 28.0 Å². The highest BCUT2D eigenvalue weighted by Gasteiger charge is 2.10. The largest absolute Gasteiger partial charge is 0.476 e. The summed E-state index contributed by atoms with van der Waals surface area (Å²) in [5.74, 6) is -1.05. The average molecular weight is 315 g/mol. The van der Waals surface area contributed by atoms with Crippen molar-refractivity contribution in [2.75, 3.05) is 0 Å². The van der Waals surface area contributed by atoms with E-state index in [1.165, 1.54) is 6.20 Å². The molecule has 0 saturated heterocycles. The second-order valence-electron chi connectivity index (χ2n) is 5.41. The lowest BCUT2D eigenvalue weighted by Crippen LogP contribution is -1.94. The Morgan fingerprint density at radius 3 is 2.29 bits per heavy atom. The summed E-state index contributed by atoms with van der Waals surface area (Å²) in [5.41, 5.74) is 4.57. The van der Waals surface area contributed by atoms with E-state index in [1.54, 1.807) is 16.8 Å². The summed E-state index contributed by atoms with van der Waals surface area (Å²) >= 11 is 0. The molecule has 0 saturated carbocycles. The third-order valence-electron chi connectivity index (χ3n) is 3.85. The Morgan fingerprint density at radius 1 is 0.917 bits per heavy atom. The minimum absolute atomic E-state index is 0.00776. The van der Waals surface area contributed by atoms with Crippen molar-refractivity contribution in [1.82, 2.24) is 14.4 Å². The van der Waals surface area contributed by atoms with Crippen molar-refractivity contribution in [3.8, 4) is 22.4 Å².